The number of benzene rings is 1. The van der Waals surface area contributed by atoms with Crippen molar-refractivity contribution in [2.24, 2.45) is 11.7 Å². The fourth-order valence-corrected chi connectivity index (χ4v) is 2.36. The van der Waals surface area contributed by atoms with Gasteiger partial charge in [0.2, 0.25) is 11.8 Å². The number of hydrogen-bond donors (Lipinski definition) is 2. The van der Waals surface area contributed by atoms with Crippen LogP contribution in [0.25, 0.3) is 0 Å². The van der Waals surface area contributed by atoms with Crippen LogP contribution in [-0.4, -0.2) is 24.4 Å². The molecule has 1 aliphatic rings. The summed E-state index contributed by atoms with van der Waals surface area (Å²) in [6.07, 6.45) is 2.56. The average Bonchev–Trinajstić information content (AvgIpc) is 2.47. The Labute approximate surface area is 125 Å². The van der Waals surface area contributed by atoms with Gasteiger partial charge in [0, 0.05) is 24.3 Å². The predicted octanol–water partition coefficient (Wildman–Crippen LogP) is 2.13. The summed E-state index contributed by atoms with van der Waals surface area (Å²) in [4.78, 5) is 25.7. The largest absolute Gasteiger partial charge is 0.325 e. The second-order valence-corrected chi connectivity index (χ2v) is 5.81. The Balaban J connectivity index is 2.10. The molecule has 0 spiro atoms. The molecule has 1 aliphatic heterocycles. The Bertz CT molecular complexity index is 528. The first-order valence-electron chi connectivity index (χ1n) is 7.46. The number of piperidine rings is 1. The lowest BCUT2D eigenvalue weighted by molar-refractivity contribution is -0.119. The van der Waals surface area contributed by atoms with Gasteiger partial charge in [0.1, 0.15) is 0 Å². The number of carbonyl (C=O) groups is 2. The maximum Gasteiger partial charge on any atom is 0.241 e. The van der Waals surface area contributed by atoms with Gasteiger partial charge in [-0.1, -0.05) is 19.9 Å². The van der Waals surface area contributed by atoms with E-state index in [0.29, 0.717) is 12.1 Å². The summed E-state index contributed by atoms with van der Waals surface area (Å²) in [6.45, 7) is 4.56. The van der Waals surface area contributed by atoms with Crippen LogP contribution in [0.1, 0.15) is 33.1 Å². The van der Waals surface area contributed by atoms with E-state index in [1.54, 1.807) is 4.90 Å². The molecule has 0 bridgehead atoms. The Kier molecular flexibility index (Phi) is 4.96. The van der Waals surface area contributed by atoms with Crippen molar-refractivity contribution in [1.29, 1.82) is 0 Å². The van der Waals surface area contributed by atoms with Crippen molar-refractivity contribution in [2.75, 3.05) is 16.8 Å². The zero-order valence-electron chi connectivity index (χ0n) is 12.6. The molecule has 1 aromatic carbocycles. The van der Waals surface area contributed by atoms with Gasteiger partial charge in [0.05, 0.1) is 6.04 Å². The molecule has 1 atom stereocenters. The van der Waals surface area contributed by atoms with E-state index >= 15 is 0 Å². The Morgan fingerprint density at radius 1 is 1.33 bits per heavy atom. The van der Waals surface area contributed by atoms with Crippen LogP contribution in [0.15, 0.2) is 24.3 Å². The number of nitrogens with zero attached hydrogens (tertiary/aromatic N) is 1. The molecule has 0 aliphatic carbocycles. The minimum absolute atomic E-state index is 0.0804. The minimum atomic E-state index is -0.537. The van der Waals surface area contributed by atoms with Crippen molar-refractivity contribution in [1.82, 2.24) is 0 Å². The highest BCUT2D eigenvalue weighted by Gasteiger charge is 2.21. The van der Waals surface area contributed by atoms with Gasteiger partial charge >= 0.3 is 0 Å². The molecule has 2 rings (SSSR count). The highest BCUT2D eigenvalue weighted by Crippen LogP contribution is 2.24. The van der Waals surface area contributed by atoms with Gasteiger partial charge < -0.3 is 16.0 Å². The topological polar surface area (TPSA) is 75.4 Å². The molecule has 114 valence electrons. The lowest BCUT2D eigenvalue weighted by atomic mass is 10.0. The van der Waals surface area contributed by atoms with Crippen LogP contribution in [0, 0.1) is 5.92 Å². The molecular weight excluding hydrogens is 266 g/mol. The number of carbonyl (C=O) groups excluding carboxylic acids is 2. The van der Waals surface area contributed by atoms with Crippen molar-refractivity contribution in [3.05, 3.63) is 24.3 Å². The number of amides is 2. The van der Waals surface area contributed by atoms with Gasteiger partial charge in [-0.05, 0) is 37.0 Å². The molecule has 5 nitrogen and oxygen atoms in total. The van der Waals surface area contributed by atoms with Gasteiger partial charge in [-0.3, -0.25) is 9.59 Å². The van der Waals surface area contributed by atoms with Crippen LogP contribution in [0.5, 0.6) is 0 Å². The van der Waals surface area contributed by atoms with E-state index in [1.807, 2.05) is 38.1 Å². The van der Waals surface area contributed by atoms with Crippen LogP contribution in [-0.2, 0) is 9.59 Å². The van der Waals surface area contributed by atoms with Crippen molar-refractivity contribution < 1.29 is 9.59 Å². The molecule has 0 saturated carbocycles. The van der Waals surface area contributed by atoms with Crippen molar-refractivity contribution in [3.63, 3.8) is 0 Å². The molecule has 21 heavy (non-hydrogen) atoms. The molecule has 1 unspecified atom stereocenters. The van der Waals surface area contributed by atoms with E-state index in [2.05, 4.69) is 5.32 Å². The fraction of sp³-hybridized carbons (Fsp3) is 0.500. The van der Waals surface area contributed by atoms with Gasteiger partial charge in [0.15, 0.2) is 0 Å². The first-order chi connectivity index (χ1) is 9.99. The summed E-state index contributed by atoms with van der Waals surface area (Å²) in [7, 11) is 0. The minimum Gasteiger partial charge on any atom is -0.325 e. The van der Waals surface area contributed by atoms with Crippen molar-refractivity contribution >= 4 is 23.2 Å². The Morgan fingerprint density at radius 3 is 2.76 bits per heavy atom. The number of anilines is 2. The summed E-state index contributed by atoms with van der Waals surface area (Å²) < 4.78 is 0. The van der Waals surface area contributed by atoms with Gasteiger partial charge in [-0.2, -0.15) is 0 Å². The van der Waals surface area contributed by atoms with Gasteiger partial charge in [-0.15, -0.1) is 0 Å². The molecule has 1 fully saturated rings. The standard InChI is InChI=1S/C16H23N3O2/c1-11(2)15(17)16(21)18-12-6-5-7-13(10-12)19-9-4-3-8-14(19)20/h5-7,10-11,15H,3-4,8-9,17H2,1-2H3,(H,18,21). The molecule has 1 aromatic rings. The SMILES string of the molecule is CC(C)C(N)C(=O)Nc1cccc(N2CCCCC2=O)c1. The van der Waals surface area contributed by atoms with Crippen LogP contribution in [0.2, 0.25) is 0 Å². The van der Waals surface area contributed by atoms with E-state index in [-0.39, 0.29) is 17.7 Å². The molecule has 3 N–H and O–H groups in total. The number of hydrogen-bond acceptors (Lipinski definition) is 3. The lowest BCUT2D eigenvalue weighted by Gasteiger charge is -2.27. The van der Waals surface area contributed by atoms with Gasteiger partial charge in [0.25, 0.3) is 0 Å². The third-order valence-electron chi connectivity index (χ3n) is 3.77. The Hall–Kier alpha value is -1.88. The second kappa shape index (κ2) is 6.72. The van der Waals surface area contributed by atoms with E-state index < -0.39 is 6.04 Å². The normalized spacial score (nSPS) is 17.0. The molecule has 5 heteroatoms. The Morgan fingerprint density at radius 2 is 2.10 bits per heavy atom. The number of nitrogens with one attached hydrogen (secondary N) is 1. The maximum atomic E-state index is 12.0. The molecular formula is C16H23N3O2. The van der Waals surface area contributed by atoms with Crippen LogP contribution >= 0.6 is 0 Å². The summed E-state index contributed by atoms with van der Waals surface area (Å²) in [5.41, 5.74) is 7.34. The first kappa shape index (κ1) is 15.5. The third kappa shape index (κ3) is 3.82. The van der Waals surface area contributed by atoms with Crippen molar-refractivity contribution in [2.45, 2.75) is 39.2 Å². The van der Waals surface area contributed by atoms with E-state index in [9.17, 15) is 9.59 Å². The van der Waals surface area contributed by atoms with Gasteiger partial charge in [-0.25, -0.2) is 0 Å². The predicted molar refractivity (Wildman–Crippen MR) is 84.1 cm³/mol. The highest BCUT2D eigenvalue weighted by molar-refractivity contribution is 5.97. The molecule has 0 radical (unpaired) electrons. The fourth-order valence-electron chi connectivity index (χ4n) is 2.36. The third-order valence-corrected chi connectivity index (χ3v) is 3.77. The summed E-state index contributed by atoms with van der Waals surface area (Å²) in [6, 6.07) is 6.83. The second-order valence-electron chi connectivity index (χ2n) is 5.81. The maximum absolute atomic E-state index is 12.0. The quantitative estimate of drug-likeness (QED) is 0.891. The van der Waals surface area contributed by atoms with E-state index in [4.69, 9.17) is 5.73 Å². The van der Waals surface area contributed by atoms with Crippen LogP contribution < -0.4 is 16.0 Å². The molecule has 0 aromatic heterocycles. The number of rotatable bonds is 4. The lowest BCUT2D eigenvalue weighted by Crippen LogP contribution is -2.39. The smallest absolute Gasteiger partial charge is 0.241 e. The van der Waals surface area contributed by atoms with Crippen molar-refractivity contribution in [3.8, 4) is 0 Å². The van der Waals surface area contributed by atoms with Crippen LogP contribution in [0.3, 0.4) is 0 Å². The van der Waals surface area contributed by atoms with E-state index in [0.717, 1.165) is 25.1 Å². The zero-order chi connectivity index (χ0) is 15.4. The highest BCUT2D eigenvalue weighted by atomic mass is 16.2. The number of nitrogens with two attached hydrogens (primary N) is 1. The molecule has 2 amide bonds. The molecule has 1 saturated heterocycles. The summed E-state index contributed by atoms with van der Waals surface area (Å²) >= 11 is 0. The average molecular weight is 289 g/mol. The summed E-state index contributed by atoms with van der Waals surface area (Å²) in [5.74, 6) is 0.0209. The first-order valence-corrected chi connectivity index (χ1v) is 7.46. The monoisotopic (exact) mass is 289 g/mol. The zero-order valence-corrected chi connectivity index (χ0v) is 12.6. The molecule has 1 heterocycles. The summed E-state index contributed by atoms with van der Waals surface area (Å²) in [5, 5.41) is 2.82. The van der Waals surface area contributed by atoms with Crippen LogP contribution in [0.4, 0.5) is 11.4 Å². The van der Waals surface area contributed by atoms with E-state index in [1.165, 1.54) is 0 Å².